The number of sulfonamides is 2. The van der Waals surface area contributed by atoms with Crippen LogP contribution in [0.3, 0.4) is 0 Å². The second-order valence-electron chi connectivity index (χ2n) is 6.59. The van der Waals surface area contributed by atoms with Crippen LogP contribution in [0.2, 0.25) is 0 Å². The standard InChI is InChI=1S/C19H26N2O4S2/c1-7-20-26(22,23)18-10-8-17(9-11-18)21-27(24,25)19-15(5)13(3)12(2)14(4)16(19)6/h8-11,20-21H,7H2,1-6H3. The van der Waals surface area contributed by atoms with Crippen LogP contribution >= 0.6 is 0 Å². The number of anilines is 1. The fraction of sp³-hybridized carbons (Fsp3) is 0.368. The molecular weight excluding hydrogens is 384 g/mol. The molecule has 0 aliphatic heterocycles. The van der Waals surface area contributed by atoms with Crippen LogP contribution in [0.15, 0.2) is 34.1 Å². The van der Waals surface area contributed by atoms with Gasteiger partial charge >= 0.3 is 0 Å². The molecule has 2 N–H and O–H groups in total. The van der Waals surface area contributed by atoms with Crippen LogP contribution in [-0.2, 0) is 20.0 Å². The normalized spacial score (nSPS) is 12.2. The van der Waals surface area contributed by atoms with Crippen molar-refractivity contribution in [2.45, 2.75) is 51.3 Å². The number of hydrogen-bond donors (Lipinski definition) is 2. The summed E-state index contributed by atoms with van der Waals surface area (Å²) in [7, 11) is -7.39. The van der Waals surface area contributed by atoms with Crippen LogP contribution in [0.25, 0.3) is 0 Å². The highest BCUT2D eigenvalue weighted by Crippen LogP contribution is 2.30. The molecule has 0 radical (unpaired) electrons. The third-order valence-electron chi connectivity index (χ3n) is 4.95. The van der Waals surface area contributed by atoms with E-state index in [1.807, 2.05) is 20.8 Å². The molecule has 0 saturated carbocycles. The van der Waals surface area contributed by atoms with Crippen LogP contribution in [0, 0.1) is 34.6 Å². The highest BCUT2D eigenvalue weighted by atomic mass is 32.2. The Morgan fingerprint density at radius 3 is 1.59 bits per heavy atom. The summed E-state index contributed by atoms with van der Waals surface area (Å²) in [5.41, 5.74) is 4.72. The molecule has 0 aliphatic carbocycles. The van der Waals surface area contributed by atoms with E-state index in [9.17, 15) is 16.8 Å². The van der Waals surface area contributed by atoms with Gasteiger partial charge in [0.05, 0.1) is 9.79 Å². The fourth-order valence-corrected chi connectivity index (χ4v) is 5.75. The predicted molar refractivity (Wildman–Crippen MR) is 108 cm³/mol. The lowest BCUT2D eigenvalue weighted by atomic mass is 9.95. The zero-order valence-electron chi connectivity index (χ0n) is 16.5. The van der Waals surface area contributed by atoms with Crippen molar-refractivity contribution in [2.24, 2.45) is 0 Å². The highest BCUT2D eigenvalue weighted by molar-refractivity contribution is 7.92. The Hall–Kier alpha value is -1.90. The SMILES string of the molecule is CCNS(=O)(=O)c1ccc(NS(=O)(=O)c2c(C)c(C)c(C)c(C)c2C)cc1. The zero-order valence-corrected chi connectivity index (χ0v) is 18.1. The molecular formula is C19H26N2O4S2. The van der Waals surface area contributed by atoms with Crippen molar-refractivity contribution in [3.05, 3.63) is 52.1 Å². The molecule has 0 amide bonds. The van der Waals surface area contributed by atoms with Crippen LogP contribution in [0.4, 0.5) is 5.69 Å². The number of hydrogen-bond acceptors (Lipinski definition) is 4. The minimum Gasteiger partial charge on any atom is -0.280 e. The number of benzene rings is 2. The maximum Gasteiger partial charge on any atom is 0.262 e. The van der Waals surface area contributed by atoms with Gasteiger partial charge in [-0.2, -0.15) is 0 Å². The van der Waals surface area contributed by atoms with E-state index in [-0.39, 0.29) is 16.3 Å². The second kappa shape index (κ2) is 7.61. The van der Waals surface area contributed by atoms with Crippen molar-refractivity contribution in [3.8, 4) is 0 Å². The van der Waals surface area contributed by atoms with E-state index in [0.29, 0.717) is 5.69 Å². The summed E-state index contributed by atoms with van der Waals surface area (Å²) in [5, 5.41) is 0. The van der Waals surface area contributed by atoms with Gasteiger partial charge in [0, 0.05) is 12.2 Å². The first kappa shape index (κ1) is 21.4. The van der Waals surface area contributed by atoms with Gasteiger partial charge in [-0.15, -0.1) is 0 Å². The Morgan fingerprint density at radius 1 is 0.704 bits per heavy atom. The van der Waals surface area contributed by atoms with Gasteiger partial charge in [-0.3, -0.25) is 4.72 Å². The average Bonchev–Trinajstić information content (AvgIpc) is 2.58. The Bertz CT molecular complexity index is 1040. The van der Waals surface area contributed by atoms with Gasteiger partial charge < -0.3 is 0 Å². The van der Waals surface area contributed by atoms with Gasteiger partial charge in [-0.25, -0.2) is 21.6 Å². The summed E-state index contributed by atoms with van der Waals surface area (Å²) in [5.74, 6) is 0. The van der Waals surface area contributed by atoms with Crippen molar-refractivity contribution >= 4 is 25.7 Å². The maximum absolute atomic E-state index is 13.0. The van der Waals surface area contributed by atoms with E-state index in [2.05, 4.69) is 9.44 Å². The summed E-state index contributed by atoms with van der Waals surface area (Å²) in [4.78, 5) is 0.356. The van der Waals surface area contributed by atoms with E-state index in [1.165, 1.54) is 24.3 Å². The molecule has 0 aromatic heterocycles. The topological polar surface area (TPSA) is 92.3 Å². The molecule has 2 aromatic carbocycles. The summed E-state index contributed by atoms with van der Waals surface area (Å²) in [6.45, 7) is 11.4. The molecule has 148 valence electrons. The van der Waals surface area contributed by atoms with E-state index >= 15 is 0 Å². The smallest absolute Gasteiger partial charge is 0.262 e. The minimum atomic E-state index is -3.81. The summed E-state index contributed by atoms with van der Waals surface area (Å²) >= 11 is 0. The van der Waals surface area contributed by atoms with E-state index < -0.39 is 20.0 Å². The summed E-state index contributed by atoms with van der Waals surface area (Å²) in [6.07, 6.45) is 0. The molecule has 0 spiro atoms. The first-order valence-electron chi connectivity index (χ1n) is 8.62. The van der Waals surface area contributed by atoms with Crippen molar-refractivity contribution < 1.29 is 16.8 Å². The average molecular weight is 411 g/mol. The Kier molecular flexibility index (Phi) is 6.03. The summed E-state index contributed by atoms with van der Waals surface area (Å²) in [6, 6.07) is 5.64. The molecule has 0 unspecified atom stereocenters. The summed E-state index contributed by atoms with van der Waals surface area (Å²) < 4.78 is 55.0. The molecule has 2 rings (SSSR count). The third kappa shape index (κ3) is 4.17. The van der Waals surface area contributed by atoms with Crippen LogP contribution in [0.1, 0.15) is 34.7 Å². The van der Waals surface area contributed by atoms with Crippen LogP contribution < -0.4 is 9.44 Å². The van der Waals surface area contributed by atoms with Crippen molar-refractivity contribution in [3.63, 3.8) is 0 Å². The Balaban J connectivity index is 2.44. The molecule has 6 nitrogen and oxygen atoms in total. The maximum atomic E-state index is 13.0. The number of nitrogens with one attached hydrogen (secondary N) is 2. The van der Waals surface area contributed by atoms with Gasteiger partial charge in [-0.1, -0.05) is 6.92 Å². The zero-order chi connectivity index (χ0) is 20.6. The van der Waals surface area contributed by atoms with Gasteiger partial charge in [0.1, 0.15) is 0 Å². The van der Waals surface area contributed by atoms with Crippen molar-refractivity contribution in [1.82, 2.24) is 4.72 Å². The molecule has 0 bridgehead atoms. The van der Waals surface area contributed by atoms with Gasteiger partial charge in [0.25, 0.3) is 10.0 Å². The Morgan fingerprint density at radius 2 is 1.15 bits per heavy atom. The van der Waals surface area contributed by atoms with E-state index in [0.717, 1.165) is 27.8 Å². The van der Waals surface area contributed by atoms with E-state index in [4.69, 9.17) is 0 Å². The largest absolute Gasteiger partial charge is 0.280 e. The monoisotopic (exact) mass is 410 g/mol. The van der Waals surface area contributed by atoms with Crippen molar-refractivity contribution in [2.75, 3.05) is 11.3 Å². The highest BCUT2D eigenvalue weighted by Gasteiger charge is 2.24. The molecule has 8 heteroatoms. The molecule has 0 atom stereocenters. The van der Waals surface area contributed by atoms with E-state index in [1.54, 1.807) is 20.8 Å². The third-order valence-corrected chi connectivity index (χ3v) is 8.17. The van der Waals surface area contributed by atoms with Gasteiger partial charge in [0.2, 0.25) is 10.0 Å². The lowest BCUT2D eigenvalue weighted by molar-refractivity contribution is 0.584. The van der Waals surface area contributed by atoms with Crippen molar-refractivity contribution in [1.29, 1.82) is 0 Å². The molecule has 0 aliphatic rings. The van der Waals surface area contributed by atoms with Crippen LogP contribution in [-0.4, -0.2) is 23.4 Å². The molecule has 27 heavy (non-hydrogen) atoms. The number of rotatable bonds is 6. The fourth-order valence-electron chi connectivity index (χ4n) is 3.05. The van der Waals surface area contributed by atoms with Crippen LogP contribution in [0.5, 0.6) is 0 Å². The molecule has 2 aromatic rings. The first-order chi connectivity index (χ1) is 12.4. The molecule has 0 fully saturated rings. The molecule has 0 heterocycles. The first-order valence-corrected chi connectivity index (χ1v) is 11.6. The molecule has 0 saturated heterocycles. The minimum absolute atomic E-state index is 0.0849. The second-order valence-corrected chi connectivity index (χ2v) is 9.97. The lowest BCUT2D eigenvalue weighted by Gasteiger charge is -2.19. The van der Waals surface area contributed by atoms with Gasteiger partial charge in [0.15, 0.2) is 0 Å². The predicted octanol–water partition coefficient (Wildman–Crippen LogP) is 3.33. The quantitative estimate of drug-likeness (QED) is 0.764. The lowest BCUT2D eigenvalue weighted by Crippen LogP contribution is -2.23. The Labute approximate surface area is 162 Å². The van der Waals surface area contributed by atoms with Gasteiger partial charge in [-0.05, 0) is 86.7 Å².